The van der Waals surface area contributed by atoms with Crippen LogP contribution in [0.3, 0.4) is 0 Å². The quantitative estimate of drug-likeness (QED) is 0.655. The summed E-state index contributed by atoms with van der Waals surface area (Å²) in [7, 11) is 0. The van der Waals surface area contributed by atoms with Crippen LogP contribution in [0.25, 0.3) is 0 Å². The minimum atomic E-state index is 0.891. The molecule has 0 spiro atoms. The van der Waals surface area contributed by atoms with Crippen molar-refractivity contribution in [2.24, 2.45) is 17.8 Å². The van der Waals surface area contributed by atoms with E-state index in [2.05, 4.69) is 20.1 Å². The SMILES string of the molecule is c1nncn1C[C@H]1[C@@H]2CNC[C@@H]21. The third-order valence-corrected chi connectivity index (χ3v) is 3.16. The molecular weight excluding hydrogens is 152 g/mol. The number of nitrogens with one attached hydrogen (secondary N) is 1. The summed E-state index contributed by atoms with van der Waals surface area (Å²) in [6, 6.07) is 0. The summed E-state index contributed by atoms with van der Waals surface area (Å²) in [4.78, 5) is 0. The Morgan fingerprint density at radius 3 is 2.58 bits per heavy atom. The zero-order chi connectivity index (χ0) is 7.97. The summed E-state index contributed by atoms with van der Waals surface area (Å²) < 4.78 is 2.09. The highest BCUT2D eigenvalue weighted by Gasteiger charge is 2.52. The molecule has 1 aliphatic carbocycles. The van der Waals surface area contributed by atoms with Gasteiger partial charge in [0.2, 0.25) is 0 Å². The smallest absolute Gasteiger partial charge is 0.119 e. The van der Waals surface area contributed by atoms with E-state index in [1.54, 1.807) is 0 Å². The first-order valence-electron chi connectivity index (χ1n) is 4.48. The molecule has 1 N–H and O–H groups in total. The van der Waals surface area contributed by atoms with Crippen LogP contribution < -0.4 is 5.32 Å². The lowest BCUT2D eigenvalue weighted by atomic mass is 10.3. The lowest BCUT2D eigenvalue weighted by Gasteiger charge is -2.03. The molecule has 4 heteroatoms. The van der Waals surface area contributed by atoms with Crippen LogP contribution in [0.5, 0.6) is 0 Å². The van der Waals surface area contributed by atoms with Gasteiger partial charge in [-0.05, 0) is 30.8 Å². The number of fused-ring (bicyclic) bond motifs is 1. The molecule has 3 rings (SSSR count). The van der Waals surface area contributed by atoms with E-state index >= 15 is 0 Å². The first-order chi connectivity index (χ1) is 5.95. The summed E-state index contributed by atoms with van der Waals surface area (Å²) in [6.07, 6.45) is 3.61. The topological polar surface area (TPSA) is 42.7 Å². The Balaban J connectivity index is 1.65. The first kappa shape index (κ1) is 6.60. The van der Waals surface area contributed by atoms with Gasteiger partial charge in [0.15, 0.2) is 0 Å². The molecule has 0 unspecified atom stereocenters. The monoisotopic (exact) mass is 164 g/mol. The molecule has 1 aromatic rings. The molecule has 0 radical (unpaired) electrons. The van der Waals surface area contributed by atoms with Crippen LogP contribution in [0, 0.1) is 17.8 Å². The van der Waals surface area contributed by atoms with Gasteiger partial charge in [-0.2, -0.15) is 0 Å². The molecule has 2 fully saturated rings. The second-order valence-electron chi connectivity index (χ2n) is 3.81. The predicted octanol–water partition coefficient (Wildman–Crippen LogP) is -0.257. The van der Waals surface area contributed by atoms with Crippen LogP contribution in [0.4, 0.5) is 0 Å². The van der Waals surface area contributed by atoms with Crippen LogP contribution >= 0.6 is 0 Å². The van der Waals surface area contributed by atoms with Gasteiger partial charge in [0.05, 0.1) is 0 Å². The molecule has 4 nitrogen and oxygen atoms in total. The standard InChI is InChI=1S/C8H12N4/c1-6-7(2-9-1)8(6)3-12-4-10-11-5-12/h4-9H,1-3H2/t6-,7+,8+. The van der Waals surface area contributed by atoms with Gasteiger partial charge in [-0.1, -0.05) is 0 Å². The van der Waals surface area contributed by atoms with E-state index in [-0.39, 0.29) is 0 Å². The van der Waals surface area contributed by atoms with Crippen molar-refractivity contribution in [1.82, 2.24) is 20.1 Å². The fourth-order valence-corrected chi connectivity index (χ4v) is 2.38. The van der Waals surface area contributed by atoms with E-state index in [4.69, 9.17) is 0 Å². The Bertz CT molecular complexity index is 259. The number of hydrogen-bond donors (Lipinski definition) is 1. The Hall–Kier alpha value is -0.900. The summed E-state index contributed by atoms with van der Waals surface area (Å²) in [5, 5.41) is 11.0. The van der Waals surface area contributed by atoms with E-state index < -0.39 is 0 Å². The fourth-order valence-electron chi connectivity index (χ4n) is 2.38. The molecule has 1 saturated carbocycles. The van der Waals surface area contributed by atoms with Crippen LogP contribution in [0.15, 0.2) is 12.7 Å². The third kappa shape index (κ3) is 0.876. The van der Waals surface area contributed by atoms with Gasteiger partial charge >= 0.3 is 0 Å². The molecule has 2 heterocycles. The zero-order valence-electron chi connectivity index (χ0n) is 6.85. The summed E-state index contributed by atoms with van der Waals surface area (Å²) in [5.41, 5.74) is 0. The van der Waals surface area contributed by atoms with E-state index in [1.165, 1.54) is 13.1 Å². The summed E-state index contributed by atoms with van der Waals surface area (Å²) in [5.74, 6) is 2.77. The van der Waals surface area contributed by atoms with Crippen molar-refractivity contribution in [3.05, 3.63) is 12.7 Å². The highest BCUT2D eigenvalue weighted by Crippen LogP contribution is 2.49. The maximum atomic E-state index is 3.79. The van der Waals surface area contributed by atoms with Gasteiger partial charge in [-0.15, -0.1) is 10.2 Å². The molecule has 0 amide bonds. The van der Waals surface area contributed by atoms with Gasteiger partial charge in [-0.25, -0.2) is 0 Å². The Labute approximate surface area is 71.0 Å². The van der Waals surface area contributed by atoms with E-state index in [0.717, 1.165) is 24.3 Å². The molecular formula is C8H12N4. The Morgan fingerprint density at radius 2 is 1.92 bits per heavy atom. The first-order valence-corrected chi connectivity index (χ1v) is 4.48. The van der Waals surface area contributed by atoms with E-state index in [1.807, 2.05) is 12.7 Å². The molecule has 1 saturated heterocycles. The van der Waals surface area contributed by atoms with E-state index in [9.17, 15) is 0 Å². The normalized spacial score (nSPS) is 38.2. The molecule has 1 aromatic heterocycles. The molecule has 3 atom stereocenters. The van der Waals surface area contributed by atoms with Crippen molar-refractivity contribution in [2.75, 3.05) is 13.1 Å². The van der Waals surface area contributed by atoms with E-state index in [0.29, 0.717) is 0 Å². The largest absolute Gasteiger partial charge is 0.320 e. The van der Waals surface area contributed by atoms with Crippen molar-refractivity contribution in [2.45, 2.75) is 6.54 Å². The highest BCUT2D eigenvalue weighted by molar-refractivity contribution is 5.03. The summed E-state index contributed by atoms with van der Waals surface area (Å²) >= 11 is 0. The molecule has 0 aromatic carbocycles. The summed E-state index contributed by atoms with van der Waals surface area (Å²) in [6.45, 7) is 3.55. The Kier molecular flexibility index (Phi) is 1.26. The Morgan fingerprint density at radius 1 is 1.25 bits per heavy atom. The fraction of sp³-hybridized carbons (Fsp3) is 0.750. The lowest BCUT2D eigenvalue weighted by molar-refractivity contribution is 0.515. The van der Waals surface area contributed by atoms with Crippen molar-refractivity contribution in [3.63, 3.8) is 0 Å². The minimum absolute atomic E-state index is 0.891. The van der Waals surface area contributed by atoms with Gasteiger partial charge in [0.25, 0.3) is 0 Å². The van der Waals surface area contributed by atoms with Crippen LogP contribution in [-0.4, -0.2) is 27.9 Å². The third-order valence-electron chi connectivity index (χ3n) is 3.16. The second-order valence-corrected chi connectivity index (χ2v) is 3.81. The zero-order valence-corrected chi connectivity index (χ0v) is 6.85. The number of hydrogen-bond acceptors (Lipinski definition) is 3. The maximum absolute atomic E-state index is 3.79. The van der Waals surface area contributed by atoms with Gasteiger partial charge in [0, 0.05) is 6.54 Å². The predicted molar refractivity (Wildman–Crippen MR) is 43.4 cm³/mol. The number of aromatic nitrogens is 3. The van der Waals surface area contributed by atoms with Crippen molar-refractivity contribution in [1.29, 1.82) is 0 Å². The van der Waals surface area contributed by atoms with Gasteiger partial charge < -0.3 is 9.88 Å². The molecule has 2 aliphatic rings. The van der Waals surface area contributed by atoms with Crippen LogP contribution in [0.1, 0.15) is 0 Å². The van der Waals surface area contributed by atoms with Gasteiger partial charge in [0.1, 0.15) is 12.7 Å². The van der Waals surface area contributed by atoms with Crippen LogP contribution in [-0.2, 0) is 6.54 Å². The highest BCUT2D eigenvalue weighted by atomic mass is 15.2. The number of nitrogens with zero attached hydrogens (tertiary/aromatic N) is 3. The van der Waals surface area contributed by atoms with Crippen molar-refractivity contribution < 1.29 is 0 Å². The van der Waals surface area contributed by atoms with Crippen molar-refractivity contribution in [3.8, 4) is 0 Å². The minimum Gasteiger partial charge on any atom is -0.320 e. The molecule has 12 heavy (non-hydrogen) atoms. The van der Waals surface area contributed by atoms with Crippen molar-refractivity contribution >= 4 is 0 Å². The number of piperidine rings is 1. The van der Waals surface area contributed by atoms with Crippen LogP contribution in [0.2, 0.25) is 0 Å². The molecule has 64 valence electrons. The average molecular weight is 164 g/mol. The molecule has 1 aliphatic heterocycles. The second kappa shape index (κ2) is 2.29. The number of rotatable bonds is 2. The molecule has 0 bridgehead atoms. The lowest BCUT2D eigenvalue weighted by Crippen LogP contribution is -2.16. The maximum Gasteiger partial charge on any atom is 0.119 e. The van der Waals surface area contributed by atoms with Gasteiger partial charge in [-0.3, -0.25) is 0 Å². The average Bonchev–Trinajstić information content (AvgIpc) is 2.59.